The van der Waals surface area contributed by atoms with Crippen molar-refractivity contribution in [3.63, 3.8) is 0 Å². The third-order valence-corrected chi connectivity index (χ3v) is 2.20. The molecule has 0 aliphatic heterocycles. The average Bonchev–Trinajstić information content (AvgIpc) is 2.36. The zero-order valence-electron chi connectivity index (χ0n) is 5.44. The van der Waals surface area contributed by atoms with Gasteiger partial charge in [0.1, 0.15) is 9.35 Å². The van der Waals surface area contributed by atoms with Gasteiger partial charge in [-0.3, -0.25) is 0 Å². The molecule has 0 atom stereocenters. The van der Waals surface area contributed by atoms with E-state index in [2.05, 4.69) is 9.97 Å². The van der Waals surface area contributed by atoms with Crippen LogP contribution in [0, 0.1) is 9.52 Å². The Morgan fingerprint density at radius 3 is 3.18 bits per heavy atom. The highest BCUT2D eigenvalue weighted by molar-refractivity contribution is 14.1. The van der Waals surface area contributed by atoms with Crippen LogP contribution in [0.3, 0.4) is 0 Å². The van der Waals surface area contributed by atoms with Crippen LogP contribution < -0.4 is 0 Å². The first-order valence-corrected chi connectivity index (χ1v) is 4.14. The van der Waals surface area contributed by atoms with E-state index in [1.54, 1.807) is 12.3 Å². The van der Waals surface area contributed by atoms with E-state index in [9.17, 15) is 4.39 Å². The van der Waals surface area contributed by atoms with Gasteiger partial charge >= 0.3 is 0 Å². The molecular weight excluding hydrogens is 258 g/mol. The maximum Gasteiger partial charge on any atom is 0.155 e. The first kappa shape index (κ1) is 7.02. The van der Waals surface area contributed by atoms with E-state index >= 15 is 0 Å². The van der Waals surface area contributed by atoms with Gasteiger partial charge in [-0.1, -0.05) is 0 Å². The second kappa shape index (κ2) is 2.44. The van der Waals surface area contributed by atoms with E-state index in [-0.39, 0.29) is 5.82 Å². The van der Waals surface area contributed by atoms with Crippen molar-refractivity contribution in [1.29, 1.82) is 0 Å². The molecule has 0 unspecified atom stereocenters. The summed E-state index contributed by atoms with van der Waals surface area (Å²) < 4.78 is 13.2. The average molecular weight is 262 g/mol. The summed E-state index contributed by atoms with van der Waals surface area (Å²) in [6.07, 6.45) is 1.74. The minimum Gasteiger partial charge on any atom is -0.346 e. The summed E-state index contributed by atoms with van der Waals surface area (Å²) in [7, 11) is 0. The molecular formula is C7H4FIN2. The number of hydrogen-bond acceptors (Lipinski definition) is 1. The third-order valence-electron chi connectivity index (χ3n) is 1.45. The summed E-state index contributed by atoms with van der Waals surface area (Å²) in [4.78, 5) is 6.90. The molecule has 0 aliphatic rings. The van der Waals surface area contributed by atoms with Crippen molar-refractivity contribution in [2.45, 2.75) is 0 Å². The number of nitrogens with zero attached hydrogens (tertiary/aromatic N) is 1. The molecule has 0 spiro atoms. The number of H-pyrrole nitrogens is 1. The van der Waals surface area contributed by atoms with Gasteiger partial charge in [0, 0.05) is 11.6 Å². The lowest BCUT2D eigenvalue weighted by atomic mass is 10.3. The van der Waals surface area contributed by atoms with Gasteiger partial charge in [0.2, 0.25) is 0 Å². The maximum atomic E-state index is 12.8. The highest BCUT2D eigenvalue weighted by Gasteiger charge is 2.02. The molecule has 0 aliphatic carbocycles. The Kier molecular flexibility index (Phi) is 1.56. The van der Waals surface area contributed by atoms with E-state index in [1.807, 2.05) is 22.6 Å². The van der Waals surface area contributed by atoms with E-state index in [0.29, 0.717) is 3.70 Å². The minimum atomic E-state index is -0.266. The fourth-order valence-electron chi connectivity index (χ4n) is 0.934. The molecule has 11 heavy (non-hydrogen) atoms. The Morgan fingerprint density at radius 2 is 2.36 bits per heavy atom. The van der Waals surface area contributed by atoms with Crippen molar-refractivity contribution >= 4 is 33.6 Å². The first-order valence-electron chi connectivity index (χ1n) is 3.06. The molecule has 2 heterocycles. The highest BCUT2D eigenvalue weighted by Crippen LogP contribution is 2.15. The molecule has 2 aromatic rings. The van der Waals surface area contributed by atoms with Crippen molar-refractivity contribution in [3.8, 4) is 0 Å². The van der Waals surface area contributed by atoms with Crippen molar-refractivity contribution in [3.05, 3.63) is 27.8 Å². The van der Waals surface area contributed by atoms with Gasteiger partial charge in [-0.15, -0.1) is 0 Å². The Bertz CT molecular complexity index is 360. The Hall–Kier alpha value is -0.650. The lowest BCUT2D eigenvalue weighted by Gasteiger charge is -1.92. The van der Waals surface area contributed by atoms with Crippen LogP contribution >= 0.6 is 22.6 Å². The molecule has 0 bridgehead atoms. The molecule has 0 aromatic carbocycles. The largest absolute Gasteiger partial charge is 0.346 e. The molecule has 2 aromatic heterocycles. The number of pyridine rings is 1. The van der Waals surface area contributed by atoms with Crippen LogP contribution in [-0.4, -0.2) is 9.97 Å². The van der Waals surface area contributed by atoms with E-state index in [4.69, 9.17) is 0 Å². The summed E-state index contributed by atoms with van der Waals surface area (Å²) >= 11 is 1.86. The predicted molar refractivity (Wildman–Crippen MR) is 48.8 cm³/mol. The van der Waals surface area contributed by atoms with Crippen LogP contribution in [0.1, 0.15) is 0 Å². The normalized spacial score (nSPS) is 10.7. The highest BCUT2D eigenvalue weighted by atomic mass is 127. The van der Waals surface area contributed by atoms with Crippen LogP contribution in [0.25, 0.3) is 11.0 Å². The molecule has 0 amide bonds. The van der Waals surface area contributed by atoms with Crippen molar-refractivity contribution in [2.75, 3.05) is 0 Å². The Balaban J connectivity index is 2.86. The molecule has 0 saturated carbocycles. The number of rotatable bonds is 0. The third kappa shape index (κ3) is 1.11. The summed E-state index contributed by atoms with van der Waals surface area (Å²) in [5.41, 5.74) is 0.732. The van der Waals surface area contributed by atoms with E-state index in [0.717, 1.165) is 11.0 Å². The van der Waals surface area contributed by atoms with Crippen LogP contribution in [0.2, 0.25) is 0 Å². The van der Waals surface area contributed by atoms with Gasteiger partial charge in [-0.05, 0) is 34.7 Å². The molecule has 0 saturated heterocycles. The van der Waals surface area contributed by atoms with Crippen LogP contribution in [0.5, 0.6) is 0 Å². The number of fused-ring (bicyclic) bond motifs is 1. The molecule has 2 rings (SSSR count). The first-order chi connectivity index (χ1) is 5.27. The second-order valence-electron chi connectivity index (χ2n) is 2.18. The lowest BCUT2D eigenvalue weighted by Crippen LogP contribution is -1.86. The van der Waals surface area contributed by atoms with Gasteiger partial charge in [0.15, 0.2) is 5.82 Å². The van der Waals surface area contributed by atoms with Crippen molar-refractivity contribution in [1.82, 2.24) is 9.97 Å². The summed E-state index contributed by atoms with van der Waals surface area (Å²) in [5.74, 6) is -0.266. The number of nitrogens with one attached hydrogen (secondary N) is 1. The van der Waals surface area contributed by atoms with Crippen LogP contribution in [-0.2, 0) is 0 Å². The monoisotopic (exact) mass is 262 g/mol. The number of hydrogen-bond donors (Lipinski definition) is 1. The molecule has 1 N–H and O–H groups in total. The van der Waals surface area contributed by atoms with Crippen LogP contribution in [0.15, 0.2) is 18.3 Å². The topological polar surface area (TPSA) is 28.7 Å². The van der Waals surface area contributed by atoms with Gasteiger partial charge in [-0.25, -0.2) is 9.37 Å². The maximum absolute atomic E-state index is 12.8. The van der Waals surface area contributed by atoms with Gasteiger partial charge < -0.3 is 4.98 Å². The fourth-order valence-corrected chi connectivity index (χ4v) is 1.33. The smallest absolute Gasteiger partial charge is 0.155 e. The molecule has 4 heteroatoms. The summed E-state index contributed by atoms with van der Waals surface area (Å²) in [5, 5.41) is 0.808. The van der Waals surface area contributed by atoms with E-state index in [1.165, 1.54) is 6.07 Å². The number of halogens is 2. The van der Waals surface area contributed by atoms with Crippen LogP contribution in [0.4, 0.5) is 4.39 Å². The van der Waals surface area contributed by atoms with Gasteiger partial charge in [-0.2, -0.15) is 0 Å². The van der Waals surface area contributed by atoms with E-state index < -0.39 is 0 Å². The molecule has 56 valence electrons. The summed E-state index contributed by atoms with van der Waals surface area (Å²) in [6.45, 7) is 0. The zero-order chi connectivity index (χ0) is 7.84. The minimum absolute atomic E-state index is 0.266. The quantitative estimate of drug-likeness (QED) is 0.572. The SMILES string of the molecule is Fc1cc2cc[nH]c2nc1I. The van der Waals surface area contributed by atoms with Gasteiger partial charge in [0.05, 0.1) is 0 Å². The Labute approximate surface area is 76.0 Å². The molecule has 0 fully saturated rings. The zero-order valence-corrected chi connectivity index (χ0v) is 7.59. The van der Waals surface area contributed by atoms with Gasteiger partial charge in [0.25, 0.3) is 0 Å². The predicted octanol–water partition coefficient (Wildman–Crippen LogP) is 2.31. The second-order valence-corrected chi connectivity index (χ2v) is 3.20. The molecule has 0 radical (unpaired) electrons. The standard InChI is InChI=1S/C7H4FIN2/c8-5-3-4-1-2-10-7(4)11-6(5)9/h1-3H,(H,10,11). The molecule has 2 nitrogen and oxygen atoms in total. The Morgan fingerprint density at radius 1 is 1.55 bits per heavy atom. The van der Waals surface area contributed by atoms with Crippen molar-refractivity contribution in [2.24, 2.45) is 0 Å². The number of aromatic amines is 1. The summed E-state index contributed by atoms with van der Waals surface area (Å²) in [6, 6.07) is 3.27. The lowest BCUT2D eigenvalue weighted by molar-refractivity contribution is 0.615. The van der Waals surface area contributed by atoms with Crippen molar-refractivity contribution < 1.29 is 4.39 Å². The number of aromatic nitrogens is 2. The fraction of sp³-hybridized carbons (Fsp3) is 0.